The Morgan fingerprint density at radius 2 is 1.52 bits per heavy atom. The van der Waals surface area contributed by atoms with Crippen LogP contribution in [0.5, 0.6) is 0 Å². The fraction of sp³-hybridized carbons (Fsp3) is 0.263. The summed E-state index contributed by atoms with van der Waals surface area (Å²) in [5.74, 6) is 0. The molecule has 0 amide bonds. The molecule has 0 bridgehead atoms. The van der Waals surface area contributed by atoms with Crippen molar-refractivity contribution in [1.29, 1.82) is 0 Å². The lowest BCUT2D eigenvalue weighted by Gasteiger charge is -2.27. The molecule has 1 aliphatic heterocycles. The molecule has 0 spiro atoms. The highest BCUT2D eigenvalue weighted by molar-refractivity contribution is 7.89. The summed E-state index contributed by atoms with van der Waals surface area (Å²) in [6, 6.07) is 17.3. The average Bonchev–Trinajstić information content (AvgIpc) is 2.57. The molecule has 0 aliphatic carbocycles. The Kier molecular flexibility index (Phi) is 4.64. The van der Waals surface area contributed by atoms with Crippen LogP contribution in [0.2, 0.25) is 0 Å². The molecule has 1 heterocycles. The van der Waals surface area contributed by atoms with Crippen molar-refractivity contribution in [3.8, 4) is 0 Å². The number of nitrogens with zero attached hydrogens (tertiary/aromatic N) is 1. The Morgan fingerprint density at radius 1 is 0.913 bits per heavy atom. The van der Waals surface area contributed by atoms with Gasteiger partial charge < -0.3 is 0 Å². The van der Waals surface area contributed by atoms with Crippen molar-refractivity contribution in [2.24, 2.45) is 0 Å². The van der Waals surface area contributed by atoms with Crippen LogP contribution in [0.4, 0.5) is 0 Å². The Hall–Kier alpha value is -1.91. The van der Waals surface area contributed by atoms with Crippen LogP contribution in [-0.2, 0) is 10.0 Å². The van der Waals surface area contributed by atoms with Crippen LogP contribution in [-0.4, -0.2) is 25.8 Å². The van der Waals surface area contributed by atoms with Gasteiger partial charge in [-0.15, -0.1) is 0 Å². The fourth-order valence-corrected chi connectivity index (χ4v) is 4.24. The van der Waals surface area contributed by atoms with Crippen LogP contribution >= 0.6 is 0 Å². The standard InChI is InChI=1S/C19H21NO2S/c1-16-7-9-19(10-8-16)23(21,22)20-13-11-18(12-14-20)15-17-5-3-2-4-6-17/h2-10,15H,11-14H2,1H3. The van der Waals surface area contributed by atoms with E-state index in [1.165, 1.54) is 11.1 Å². The first kappa shape index (κ1) is 16.0. The second kappa shape index (κ2) is 6.69. The minimum Gasteiger partial charge on any atom is -0.207 e. The van der Waals surface area contributed by atoms with E-state index in [-0.39, 0.29) is 0 Å². The van der Waals surface area contributed by atoms with Gasteiger partial charge in [0.05, 0.1) is 4.90 Å². The minimum absolute atomic E-state index is 0.388. The monoisotopic (exact) mass is 327 g/mol. The molecular formula is C19H21NO2S. The first-order chi connectivity index (χ1) is 11.1. The maximum Gasteiger partial charge on any atom is 0.243 e. The summed E-state index contributed by atoms with van der Waals surface area (Å²) < 4.78 is 26.9. The molecule has 120 valence electrons. The van der Waals surface area contributed by atoms with Crippen molar-refractivity contribution in [3.05, 3.63) is 71.3 Å². The zero-order valence-electron chi connectivity index (χ0n) is 13.3. The van der Waals surface area contributed by atoms with Crippen LogP contribution in [0.3, 0.4) is 0 Å². The van der Waals surface area contributed by atoms with E-state index < -0.39 is 10.0 Å². The normalized spacial score (nSPS) is 16.3. The summed E-state index contributed by atoms with van der Waals surface area (Å²) >= 11 is 0. The predicted molar refractivity (Wildman–Crippen MR) is 93.6 cm³/mol. The van der Waals surface area contributed by atoms with E-state index >= 15 is 0 Å². The molecule has 3 rings (SSSR count). The first-order valence-corrected chi connectivity index (χ1v) is 9.31. The molecule has 0 N–H and O–H groups in total. The van der Waals surface area contributed by atoms with Gasteiger partial charge >= 0.3 is 0 Å². The van der Waals surface area contributed by atoms with Gasteiger partial charge in [0.1, 0.15) is 0 Å². The summed E-state index contributed by atoms with van der Waals surface area (Å²) in [4.78, 5) is 0.388. The van der Waals surface area contributed by atoms with E-state index in [0.29, 0.717) is 18.0 Å². The van der Waals surface area contributed by atoms with Crippen molar-refractivity contribution in [3.63, 3.8) is 0 Å². The zero-order valence-corrected chi connectivity index (χ0v) is 14.1. The smallest absolute Gasteiger partial charge is 0.207 e. The highest BCUT2D eigenvalue weighted by atomic mass is 32.2. The summed E-state index contributed by atoms with van der Waals surface area (Å²) in [5, 5.41) is 0. The summed E-state index contributed by atoms with van der Waals surface area (Å²) in [7, 11) is -3.37. The SMILES string of the molecule is Cc1ccc(S(=O)(=O)N2CCC(=Cc3ccccc3)CC2)cc1. The van der Waals surface area contributed by atoms with E-state index in [1.807, 2.05) is 37.3 Å². The highest BCUT2D eigenvalue weighted by Crippen LogP contribution is 2.25. The lowest BCUT2D eigenvalue weighted by Crippen LogP contribution is -2.36. The molecule has 0 radical (unpaired) electrons. The van der Waals surface area contributed by atoms with Crippen LogP contribution < -0.4 is 0 Å². The maximum atomic E-state index is 12.7. The van der Waals surface area contributed by atoms with Gasteiger partial charge in [-0.25, -0.2) is 8.42 Å². The lowest BCUT2D eigenvalue weighted by atomic mass is 10.0. The van der Waals surface area contributed by atoms with Gasteiger partial charge in [0, 0.05) is 13.1 Å². The molecular weight excluding hydrogens is 306 g/mol. The predicted octanol–water partition coefficient (Wildman–Crippen LogP) is 3.86. The number of aryl methyl sites for hydroxylation is 1. The largest absolute Gasteiger partial charge is 0.243 e. The van der Waals surface area contributed by atoms with Crippen molar-refractivity contribution in [2.45, 2.75) is 24.7 Å². The van der Waals surface area contributed by atoms with E-state index in [9.17, 15) is 8.42 Å². The minimum atomic E-state index is -3.37. The number of hydrogen-bond acceptors (Lipinski definition) is 2. The van der Waals surface area contributed by atoms with Gasteiger partial charge in [-0.05, 0) is 37.5 Å². The molecule has 4 heteroatoms. The highest BCUT2D eigenvalue weighted by Gasteiger charge is 2.27. The molecule has 3 nitrogen and oxygen atoms in total. The summed E-state index contributed by atoms with van der Waals surface area (Å²) in [6.45, 7) is 3.06. The average molecular weight is 327 g/mol. The molecule has 2 aromatic carbocycles. The number of hydrogen-bond donors (Lipinski definition) is 0. The zero-order chi connectivity index (χ0) is 16.3. The number of piperidine rings is 1. The van der Waals surface area contributed by atoms with Gasteiger partial charge in [-0.1, -0.05) is 59.7 Å². The van der Waals surface area contributed by atoms with E-state index in [0.717, 1.165) is 18.4 Å². The van der Waals surface area contributed by atoms with Crippen LogP contribution in [0, 0.1) is 6.92 Å². The molecule has 23 heavy (non-hydrogen) atoms. The summed E-state index contributed by atoms with van der Waals surface area (Å²) in [6.07, 6.45) is 3.76. The number of benzene rings is 2. The Bertz CT molecular complexity index is 783. The van der Waals surface area contributed by atoms with E-state index in [4.69, 9.17) is 0 Å². The first-order valence-electron chi connectivity index (χ1n) is 7.87. The Balaban J connectivity index is 1.71. The molecule has 0 atom stereocenters. The van der Waals surface area contributed by atoms with E-state index in [1.54, 1.807) is 16.4 Å². The third kappa shape index (κ3) is 3.71. The van der Waals surface area contributed by atoms with Crippen molar-refractivity contribution < 1.29 is 8.42 Å². The topological polar surface area (TPSA) is 37.4 Å². The molecule has 0 saturated carbocycles. The third-order valence-electron chi connectivity index (χ3n) is 4.19. The molecule has 0 aromatic heterocycles. The van der Waals surface area contributed by atoms with Gasteiger partial charge in [-0.2, -0.15) is 4.31 Å². The lowest BCUT2D eigenvalue weighted by molar-refractivity contribution is 0.388. The molecule has 2 aromatic rings. The van der Waals surface area contributed by atoms with Crippen LogP contribution in [0.25, 0.3) is 6.08 Å². The second-order valence-corrected chi connectivity index (χ2v) is 7.87. The Labute approximate surface area is 138 Å². The van der Waals surface area contributed by atoms with Crippen LogP contribution in [0.1, 0.15) is 24.0 Å². The van der Waals surface area contributed by atoms with Gasteiger partial charge in [0.25, 0.3) is 0 Å². The van der Waals surface area contributed by atoms with E-state index in [2.05, 4.69) is 18.2 Å². The van der Waals surface area contributed by atoms with Crippen molar-refractivity contribution >= 4 is 16.1 Å². The van der Waals surface area contributed by atoms with Gasteiger partial charge in [0.15, 0.2) is 0 Å². The molecule has 1 aliphatic rings. The molecule has 1 saturated heterocycles. The molecule has 0 unspecified atom stereocenters. The maximum absolute atomic E-state index is 12.7. The number of rotatable bonds is 3. The quantitative estimate of drug-likeness (QED) is 0.858. The summed E-state index contributed by atoms with van der Waals surface area (Å²) in [5.41, 5.74) is 3.56. The van der Waals surface area contributed by atoms with Gasteiger partial charge in [-0.3, -0.25) is 0 Å². The van der Waals surface area contributed by atoms with Crippen LogP contribution in [0.15, 0.2) is 65.1 Å². The fourth-order valence-electron chi connectivity index (χ4n) is 2.80. The number of sulfonamides is 1. The van der Waals surface area contributed by atoms with Crippen molar-refractivity contribution in [1.82, 2.24) is 4.31 Å². The van der Waals surface area contributed by atoms with Crippen molar-refractivity contribution in [2.75, 3.05) is 13.1 Å². The second-order valence-electron chi connectivity index (χ2n) is 5.93. The molecule has 1 fully saturated rings. The van der Waals surface area contributed by atoms with Gasteiger partial charge in [0.2, 0.25) is 10.0 Å². The Morgan fingerprint density at radius 3 is 2.13 bits per heavy atom. The third-order valence-corrected chi connectivity index (χ3v) is 6.11.